The van der Waals surface area contributed by atoms with Crippen LogP contribution in [0.1, 0.15) is 42.9 Å². The van der Waals surface area contributed by atoms with Gasteiger partial charge in [0.1, 0.15) is 29.7 Å². The normalized spacial score (nSPS) is 22.5. The first kappa shape index (κ1) is 29.5. The molecular weight excluding hydrogens is 561 g/mol. The molecule has 40 heavy (non-hydrogen) atoms. The molecule has 6 nitrogen and oxygen atoms in total. The number of esters is 1. The second kappa shape index (κ2) is 11.5. The van der Waals surface area contributed by atoms with Gasteiger partial charge in [-0.25, -0.2) is 8.78 Å². The molecule has 0 saturated carbocycles. The number of hydrogen-bond acceptors (Lipinski definition) is 5. The van der Waals surface area contributed by atoms with E-state index in [1.54, 1.807) is 38.1 Å². The van der Waals surface area contributed by atoms with Gasteiger partial charge in [0, 0.05) is 22.5 Å². The molecule has 1 aliphatic heterocycles. The Hall–Kier alpha value is -3.51. The van der Waals surface area contributed by atoms with Gasteiger partial charge in [-0.15, -0.1) is 0 Å². The highest BCUT2D eigenvalue weighted by atomic mass is 35.5. The molecule has 2 N–H and O–H groups in total. The van der Waals surface area contributed by atoms with Crippen molar-refractivity contribution >= 4 is 35.1 Å². The van der Waals surface area contributed by atoms with Crippen molar-refractivity contribution in [3.8, 4) is 6.07 Å². The summed E-state index contributed by atoms with van der Waals surface area (Å²) in [7, 11) is 0. The number of carboxylic acids is 1. The monoisotopic (exact) mass is 586 g/mol. The zero-order valence-electron chi connectivity index (χ0n) is 21.6. The van der Waals surface area contributed by atoms with Gasteiger partial charge < -0.3 is 9.84 Å². The maximum Gasteiger partial charge on any atom is 0.321 e. The van der Waals surface area contributed by atoms with E-state index in [0.717, 1.165) is 11.6 Å². The summed E-state index contributed by atoms with van der Waals surface area (Å²) in [4.78, 5) is 25.7. The molecule has 1 fully saturated rings. The number of aliphatic carboxylic acids is 1. The highest BCUT2D eigenvalue weighted by Gasteiger charge is 2.62. The maximum absolute atomic E-state index is 15.6. The molecule has 0 bridgehead atoms. The standard InChI is InChI=1S/C30H26Cl2F2N2O4/c1-29(2,28(39)40-15-17-7-4-3-5-8-17)14-23-30(16-35,20-12-11-18(31)13-22(20)33)24(26(36-23)27(37)38)19-9-6-10-21(32)25(19)34/h3-13,23-24,26,36H,14-15H2,1-2H3,(H,37,38)/t23-,24-,26+,30-/m0/s1. The van der Waals surface area contributed by atoms with Gasteiger partial charge in [0.25, 0.3) is 0 Å². The highest BCUT2D eigenvalue weighted by Crippen LogP contribution is 2.52. The lowest BCUT2D eigenvalue weighted by Gasteiger charge is -2.37. The van der Waals surface area contributed by atoms with Gasteiger partial charge >= 0.3 is 11.9 Å². The topological polar surface area (TPSA) is 99.4 Å². The Kier molecular flexibility index (Phi) is 8.50. The van der Waals surface area contributed by atoms with Gasteiger partial charge in [-0.2, -0.15) is 5.26 Å². The molecule has 1 aliphatic rings. The summed E-state index contributed by atoms with van der Waals surface area (Å²) in [5.74, 6) is -5.20. The van der Waals surface area contributed by atoms with Crippen molar-refractivity contribution in [3.63, 3.8) is 0 Å². The Morgan fingerprint density at radius 1 is 1.10 bits per heavy atom. The fraction of sp³-hybridized carbons (Fsp3) is 0.300. The fourth-order valence-corrected chi connectivity index (χ4v) is 5.78. The largest absolute Gasteiger partial charge is 0.480 e. The highest BCUT2D eigenvalue weighted by molar-refractivity contribution is 6.31. The summed E-state index contributed by atoms with van der Waals surface area (Å²) in [5, 5.41) is 23.6. The lowest BCUT2D eigenvalue weighted by molar-refractivity contribution is -0.156. The number of carboxylic acid groups (broad SMARTS) is 1. The summed E-state index contributed by atoms with van der Waals surface area (Å²) < 4.78 is 36.6. The third kappa shape index (κ3) is 5.42. The number of halogens is 4. The Bertz CT molecular complexity index is 1480. The molecule has 3 aromatic rings. The third-order valence-electron chi connectivity index (χ3n) is 7.38. The first-order valence-corrected chi connectivity index (χ1v) is 13.2. The minimum atomic E-state index is -1.99. The van der Waals surface area contributed by atoms with Crippen LogP contribution >= 0.6 is 23.2 Å². The number of carbonyl (C=O) groups excluding carboxylic acids is 1. The van der Waals surface area contributed by atoms with Crippen LogP contribution in [0.4, 0.5) is 8.78 Å². The minimum absolute atomic E-state index is 0.00447. The minimum Gasteiger partial charge on any atom is -0.480 e. The average molecular weight is 587 g/mol. The number of rotatable bonds is 8. The predicted octanol–water partition coefficient (Wildman–Crippen LogP) is 6.40. The molecule has 0 radical (unpaired) electrons. The van der Waals surface area contributed by atoms with Crippen LogP contribution < -0.4 is 5.32 Å². The number of ether oxygens (including phenoxy) is 1. The lowest BCUT2D eigenvalue weighted by Crippen LogP contribution is -2.46. The van der Waals surface area contributed by atoms with E-state index in [1.165, 1.54) is 30.3 Å². The summed E-state index contributed by atoms with van der Waals surface area (Å²) in [6, 6.07) is 16.2. The zero-order chi connectivity index (χ0) is 29.2. The predicted molar refractivity (Wildman–Crippen MR) is 146 cm³/mol. The number of carbonyl (C=O) groups is 2. The van der Waals surface area contributed by atoms with Crippen LogP contribution in [0.5, 0.6) is 0 Å². The molecule has 0 aliphatic carbocycles. The smallest absolute Gasteiger partial charge is 0.321 e. The maximum atomic E-state index is 15.6. The molecule has 208 valence electrons. The van der Waals surface area contributed by atoms with E-state index in [9.17, 15) is 20.0 Å². The van der Waals surface area contributed by atoms with Crippen molar-refractivity contribution in [2.45, 2.75) is 50.3 Å². The van der Waals surface area contributed by atoms with Crippen molar-refractivity contribution in [2.75, 3.05) is 0 Å². The van der Waals surface area contributed by atoms with Gasteiger partial charge in [0.15, 0.2) is 0 Å². The molecule has 4 atom stereocenters. The SMILES string of the molecule is CC(C)(C[C@@H]1N[C@@H](C(=O)O)[C@H](c2cccc(Cl)c2F)[C@@]1(C#N)c1ccc(Cl)cc1F)C(=O)OCc1ccccc1. The van der Waals surface area contributed by atoms with Crippen LogP contribution in [0.25, 0.3) is 0 Å². The Labute approximate surface area is 240 Å². The van der Waals surface area contributed by atoms with Gasteiger partial charge in [0.05, 0.1) is 16.5 Å². The number of hydrogen-bond donors (Lipinski definition) is 2. The Morgan fingerprint density at radius 2 is 1.80 bits per heavy atom. The van der Waals surface area contributed by atoms with Crippen LogP contribution in [0, 0.1) is 28.4 Å². The first-order valence-electron chi connectivity index (χ1n) is 12.4. The van der Waals surface area contributed by atoms with E-state index in [2.05, 4.69) is 11.4 Å². The molecule has 0 unspecified atom stereocenters. The van der Waals surface area contributed by atoms with Crippen molar-refractivity contribution in [2.24, 2.45) is 5.41 Å². The quantitative estimate of drug-likeness (QED) is 0.296. The number of nitrogens with zero attached hydrogens (tertiary/aromatic N) is 1. The number of benzene rings is 3. The van der Waals surface area contributed by atoms with Gasteiger partial charge in [-0.1, -0.05) is 71.7 Å². The number of nitriles is 1. The third-order valence-corrected chi connectivity index (χ3v) is 7.91. The second-order valence-electron chi connectivity index (χ2n) is 10.4. The molecular formula is C30H26Cl2F2N2O4. The Morgan fingerprint density at radius 3 is 2.42 bits per heavy atom. The van der Waals surface area contributed by atoms with Crippen LogP contribution in [-0.2, 0) is 26.3 Å². The molecule has 3 aromatic carbocycles. The molecule has 1 heterocycles. The molecule has 1 saturated heterocycles. The summed E-state index contributed by atoms with van der Waals surface area (Å²) in [5.41, 5.74) is -2.83. The van der Waals surface area contributed by atoms with Gasteiger partial charge in [-0.05, 0) is 49.6 Å². The van der Waals surface area contributed by atoms with E-state index in [0.29, 0.717) is 0 Å². The Balaban J connectivity index is 1.83. The molecule has 4 rings (SSSR count). The summed E-state index contributed by atoms with van der Waals surface area (Å²) in [6.45, 7) is 3.18. The van der Waals surface area contributed by atoms with E-state index >= 15 is 8.78 Å². The number of nitrogens with one attached hydrogen (secondary N) is 1. The van der Waals surface area contributed by atoms with Crippen LogP contribution in [-0.4, -0.2) is 29.1 Å². The molecule has 10 heteroatoms. The van der Waals surface area contributed by atoms with Crippen molar-refractivity contribution in [3.05, 3.63) is 105 Å². The van der Waals surface area contributed by atoms with Gasteiger partial charge in [0.2, 0.25) is 0 Å². The van der Waals surface area contributed by atoms with Crippen molar-refractivity contribution in [1.82, 2.24) is 5.32 Å². The van der Waals surface area contributed by atoms with Crippen LogP contribution in [0.15, 0.2) is 66.7 Å². The fourth-order valence-electron chi connectivity index (χ4n) is 5.44. The van der Waals surface area contributed by atoms with Crippen molar-refractivity contribution in [1.29, 1.82) is 5.26 Å². The summed E-state index contributed by atoms with van der Waals surface area (Å²) >= 11 is 12.0. The van der Waals surface area contributed by atoms with Crippen LogP contribution in [0.2, 0.25) is 10.0 Å². The van der Waals surface area contributed by atoms with Crippen LogP contribution in [0.3, 0.4) is 0 Å². The van der Waals surface area contributed by atoms with E-state index < -0.39 is 52.4 Å². The van der Waals surface area contributed by atoms with E-state index in [1.807, 2.05) is 6.07 Å². The second-order valence-corrected chi connectivity index (χ2v) is 11.3. The molecule has 0 spiro atoms. The van der Waals surface area contributed by atoms with E-state index in [4.69, 9.17) is 27.9 Å². The molecule has 0 aromatic heterocycles. The van der Waals surface area contributed by atoms with Gasteiger partial charge in [-0.3, -0.25) is 14.9 Å². The van der Waals surface area contributed by atoms with E-state index in [-0.39, 0.29) is 34.2 Å². The lowest BCUT2D eigenvalue weighted by atomic mass is 9.62. The zero-order valence-corrected chi connectivity index (χ0v) is 23.1. The molecule has 0 amide bonds. The summed E-state index contributed by atoms with van der Waals surface area (Å²) in [6.07, 6.45) is -0.140. The first-order chi connectivity index (χ1) is 18.9. The average Bonchev–Trinajstić information content (AvgIpc) is 3.23. The van der Waals surface area contributed by atoms with Crippen molar-refractivity contribution < 1.29 is 28.2 Å².